The van der Waals surface area contributed by atoms with Gasteiger partial charge in [-0.05, 0) is 24.0 Å². The molecular weight excluding hydrogens is 468 g/mol. The number of aliphatic imine (C=N–C) groups is 2. The second-order valence-electron chi connectivity index (χ2n) is 7.67. The molecule has 1 aromatic heterocycles. The lowest BCUT2D eigenvalue weighted by atomic mass is 10.0. The van der Waals surface area contributed by atoms with Crippen molar-refractivity contribution in [2.75, 3.05) is 33.6 Å². The Morgan fingerprint density at radius 3 is 2.63 bits per heavy atom. The Morgan fingerprint density at radius 1 is 1.17 bits per heavy atom. The maximum Gasteiger partial charge on any atom is 0.327 e. The molecule has 0 fully saturated rings. The van der Waals surface area contributed by atoms with Gasteiger partial charge in [-0.25, -0.2) is 0 Å². The molecule has 0 N–H and O–H groups in total. The largest absolute Gasteiger partial charge is 0.493 e. The highest BCUT2D eigenvalue weighted by Crippen LogP contribution is 2.37. The van der Waals surface area contributed by atoms with Crippen LogP contribution in [0.15, 0.2) is 50.9 Å². The summed E-state index contributed by atoms with van der Waals surface area (Å²) in [5.41, 5.74) is 4.44. The van der Waals surface area contributed by atoms with Gasteiger partial charge in [-0.2, -0.15) is 4.98 Å². The normalized spacial score (nSPS) is 13.4. The lowest BCUT2D eigenvalue weighted by Crippen LogP contribution is -2.16. The summed E-state index contributed by atoms with van der Waals surface area (Å²) in [5.74, 6) is 2.06. The summed E-state index contributed by atoms with van der Waals surface area (Å²) in [6, 6.07) is 11.8. The smallest absolute Gasteiger partial charge is 0.327 e. The van der Waals surface area contributed by atoms with Crippen LogP contribution < -0.4 is 9.47 Å². The van der Waals surface area contributed by atoms with Gasteiger partial charge in [0.2, 0.25) is 11.7 Å². The van der Waals surface area contributed by atoms with Crippen LogP contribution in [0.2, 0.25) is 0 Å². The van der Waals surface area contributed by atoms with Crippen LogP contribution in [0.1, 0.15) is 22.6 Å². The number of esters is 1. The fourth-order valence-electron chi connectivity index (χ4n) is 3.63. The van der Waals surface area contributed by atoms with Crippen molar-refractivity contribution >= 4 is 28.5 Å². The molecule has 2 heterocycles. The minimum atomic E-state index is -0.414. The van der Waals surface area contributed by atoms with E-state index in [0.29, 0.717) is 41.4 Å². The number of hydrogen-bond donors (Lipinski definition) is 0. The molecule has 2 aromatic carbocycles. The molecule has 35 heavy (non-hydrogen) atoms. The third-order valence-corrected chi connectivity index (χ3v) is 6.09. The number of methoxy groups -OCH3 is 2. The van der Waals surface area contributed by atoms with Gasteiger partial charge < -0.3 is 18.7 Å². The lowest BCUT2D eigenvalue weighted by molar-refractivity contribution is -0.138. The number of ether oxygens (including phenoxy) is 3. The number of nitrogens with zero attached hydrogens (tertiary/aromatic N) is 4. The summed E-state index contributed by atoms with van der Waals surface area (Å²) >= 11 is 1.42. The van der Waals surface area contributed by atoms with E-state index >= 15 is 0 Å². The van der Waals surface area contributed by atoms with Crippen molar-refractivity contribution in [1.29, 1.82) is 0 Å². The van der Waals surface area contributed by atoms with E-state index in [2.05, 4.69) is 21.2 Å². The second-order valence-corrected chi connectivity index (χ2v) is 8.46. The number of carbonyl (C=O) groups excluding carboxylic acids is 1. The van der Waals surface area contributed by atoms with Crippen molar-refractivity contribution in [3.63, 3.8) is 0 Å². The summed E-state index contributed by atoms with van der Waals surface area (Å²) in [6.07, 6.45) is 2.69. The number of benzene rings is 2. The predicted molar refractivity (Wildman–Crippen MR) is 135 cm³/mol. The third-order valence-electron chi connectivity index (χ3n) is 5.38. The van der Waals surface area contributed by atoms with Crippen LogP contribution in [0.3, 0.4) is 0 Å². The standard InChI is InChI=1S/C25H26N4O5S/c1-15-28-24(29-34-15)17-7-5-16(6-8-17)13-26-22(25(35-4)27-14-21(30)32-3)19-11-18-9-10-33-23(18)20(12-19)31-2/h5-8,11-12H,9-10,13-14H2,1-4H3/b26-22+,27-25-. The predicted octanol–water partition coefficient (Wildman–Crippen LogP) is 3.91. The molecule has 0 unspecified atom stereocenters. The minimum Gasteiger partial charge on any atom is -0.493 e. The zero-order valence-corrected chi connectivity index (χ0v) is 20.8. The van der Waals surface area contributed by atoms with Crippen molar-refractivity contribution < 1.29 is 23.5 Å². The van der Waals surface area contributed by atoms with Crippen LogP contribution in [-0.4, -0.2) is 60.5 Å². The van der Waals surface area contributed by atoms with Gasteiger partial charge in [0.05, 0.1) is 33.1 Å². The van der Waals surface area contributed by atoms with Gasteiger partial charge in [0, 0.05) is 30.0 Å². The molecule has 0 amide bonds. The number of hydrogen-bond acceptors (Lipinski definition) is 10. The Bertz CT molecular complexity index is 1270. The van der Waals surface area contributed by atoms with Crippen molar-refractivity contribution in [3.8, 4) is 22.9 Å². The molecule has 0 atom stereocenters. The highest BCUT2D eigenvalue weighted by atomic mass is 32.2. The van der Waals surface area contributed by atoms with Crippen molar-refractivity contribution in [3.05, 3.63) is 59.0 Å². The fourth-order valence-corrected chi connectivity index (χ4v) is 4.20. The van der Waals surface area contributed by atoms with E-state index in [1.807, 2.05) is 36.6 Å². The maximum atomic E-state index is 11.7. The first-order valence-electron chi connectivity index (χ1n) is 11.0. The van der Waals surface area contributed by atoms with Gasteiger partial charge in [0.25, 0.3) is 0 Å². The van der Waals surface area contributed by atoms with Crippen molar-refractivity contribution in [1.82, 2.24) is 10.1 Å². The Balaban J connectivity index is 1.68. The molecule has 9 nitrogen and oxygen atoms in total. The molecule has 10 heteroatoms. The van der Waals surface area contributed by atoms with E-state index in [1.54, 1.807) is 14.0 Å². The van der Waals surface area contributed by atoms with Crippen LogP contribution in [0.25, 0.3) is 11.4 Å². The van der Waals surface area contributed by atoms with E-state index in [4.69, 9.17) is 23.7 Å². The first kappa shape index (κ1) is 24.5. The van der Waals surface area contributed by atoms with Gasteiger partial charge in [0.15, 0.2) is 11.5 Å². The van der Waals surface area contributed by atoms with Gasteiger partial charge in [0.1, 0.15) is 11.6 Å². The zero-order valence-electron chi connectivity index (χ0n) is 20.0. The zero-order chi connectivity index (χ0) is 24.8. The van der Waals surface area contributed by atoms with E-state index in [0.717, 1.165) is 34.4 Å². The molecule has 1 aliphatic heterocycles. The van der Waals surface area contributed by atoms with Crippen molar-refractivity contribution in [2.24, 2.45) is 9.98 Å². The van der Waals surface area contributed by atoms with Gasteiger partial charge in [-0.3, -0.25) is 14.8 Å². The maximum absolute atomic E-state index is 11.7. The van der Waals surface area contributed by atoms with Gasteiger partial charge >= 0.3 is 5.97 Å². The van der Waals surface area contributed by atoms with E-state index in [1.165, 1.54) is 18.9 Å². The highest BCUT2D eigenvalue weighted by molar-refractivity contribution is 8.15. The minimum absolute atomic E-state index is 0.0876. The Hall–Kier alpha value is -3.66. The Labute approximate surface area is 207 Å². The number of carbonyl (C=O) groups is 1. The summed E-state index contributed by atoms with van der Waals surface area (Å²) in [5, 5.41) is 4.59. The molecule has 0 saturated heterocycles. The quantitative estimate of drug-likeness (QED) is 0.263. The number of thioether (sulfide) groups is 1. The molecule has 4 rings (SSSR count). The SMILES string of the molecule is COC(=O)C/N=C(SC)/C(=N/Cc1ccc(-c2noc(C)n2)cc1)c1cc2c(c(OC)c1)OCC2. The van der Waals surface area contributed by atoms with Crippen LogP contribution in [0.4, 0.5) is 0 Å². The molecule has 0 aliphatic carbocycles. The van der Waals surface area contributed by atoms with E-state index < -0.39 is 5.97 Å². The molecule has 3 aromatic rings. The first-order valence-corrected chi connectivity index (χ1v) is 12.2. The average Bonchev–Trinajstić information content (AvgIpc) is 3.54. The highest BCUT2D eigenvalue weighted by Gasteiger charge is 2.22. The second kappa shape index (κ2) is 11.2. The lowest BCUT2D eigenvalue weighted by Gasteiger charge is -2.13. The number of aryl methyl sites for hydroxylation is 1. The molecule has 0 radical (unpaired) electrons. The number of rotatable bonds is 8. The van der Waals surface area contributed by atoms with E-state index in [-0.39, 0.29) is 6.54 Å². The summed E-state index contributed by atoms with van der Waals surface area (Å²) in [4.78, 5) is 25.4. The van der Waals surface area contributed by atoms with Gasteiger partial charge in [-0.1, -0.05) is 29.4 Å². The van der Waals surface area contributed by atoms with Gasteiger partial charge in [-0.15, -0.1) is 11.8 Å². The summed E-state index contributed by atoms with van der Waals surface area (Å²) < 4.78 is 21.1. The van der Waals surface area contributed by atoms with Crippen LogP contribution in [-0.2, 0) is 22.5 Å². The molecule has 0 spiro atoms. The third kappa shape index (κ3) is 5.71. The molecule has 182 valence electrons. The fraction of sp³-hybridized carbons (Fsp3) is 0.320. The van der Waals surface area contributed by atoms with Crippen LogP contribution >= 0.6 is 11.8 Å². The monoisotopic (exact) mass is 494 g/mol. The number of fused-ring (bicyclic) bond motifs is 1. The average molecular weight is 495 g/mol. The number of aromatic nitrogens is 2. The van der Waals surface area contributed by atoms with Crippen molar-refractivity contribution in [2.45, 2.75) is 19.9 Å². The Kier molecular flexibility index (Phi) is 7.81. The first-order chi connectivity index (χ1) is 17.0. The topological polar surface area (TPSA) is 108 Å². The van der Waals surface area contributed by atoms with Crippen LogP contribution in [0.5, 0.6) is 11.5 Å². The summed E-state index contributed by atoms with van der Waals surface area (Å²) in [7, 11) is 2.96. The molecule has 0 saturated carbocycles. The molecule has 0 bridgehead atoms. The van der Waals surface area contributed by atoms with Crippen LogP contribution in [0, 0.1) is 6.92 Å². The Morgan fingerprint density at radius 2 is 1.97 bits per heavy atom. The molecule has 1 aliphatic rings. The van der Waals surface area contributed by atoms with E-state index in [9.17, 15) is 4.79 Å². The summed E-state index contributed by atoms with van der Waals surface area (Å²) in [6.45, 7) is 2.69. The molecular formula is C25H26N4O5S.